The maximum Gasteiger partial charge on any atom is 0.138 e. The third-order valence-electron chi connectivity index (χ3n) is 3.22. The largest absolute Gasteiger partial charge is 0.460 e. The fourth-order valence-electron chi connectivity index (χ4n) is 2.39. The van der Waals surface area contributed by atoms with Gasteiger partial charge in [0.25, 0.3) is 0 Å². The van der Waals surface area contributed by atoms with Gasteiger partial charge in [0.2, 0.25) is 0 Å². The van der Waals surface area contributed by atoms with Gasteiger partial charge in [-0.25, -0.2) is 0 Å². The Bertz CT molecular complexity index is 465. The summed E-state index contributed by atoms with van der Waals surface area (Å²) in [5.74, 6) is 2.34. The van der Waals surface area contributed by atoms with Gasteiger partial charge in [-0.15, -0.1) is 0 Å². The van der Waals surface area contributed by atoms with E-state index < -0.39 is 0 Å². The predicted molar refractivity (Wildman–Crippen MR) is 63.4 cm³/mol. The van der Waals surface area contributed by atoms with Crippen LogP contribution in [0.15, 0.2) is 21.2 Å². The van der Waals surface area contributed by atoms with Gasteiger partial charge in [0.15, 0.2) is 0 Å². The van der Waals surface area contributed by atoms with Crippen LogP contribution in [-0.4, -0.2) is 0 Å². The molecule has 0 aromatic carbocycles. The van der Waals surface area contributed by atoms with Crippen molar-refractivity contribution in [3.05, 3.63) is 33.7 Å². The van der Waals surface area contributed by atoms with Gasteiger partial charge in [-0.05, 0) is 48.8 Å². The first-order chi connectivity index (χ1) is 7.36. The molecular formula is C13H14OS. The summed E-state index contributed by atoms with van der Waals surface area (Å²) in [5, 5.41) is 4.27. The number of rotatable bonds is 1. The molecule has 0 saturated heterocycles. The summed E-state index contributed by atoms with van der Waals surface area (Å²) in [6.07, 6.45) is 4.93. The minimum Gasteiger partial charge on any atom is -0.460 e. The predicted octanol–water partition coefficient (Wildman–Crippen LogP) is 4.20. The Labute approximate surface area is 93.7 Å². The van der Waals surface area contributed by atoms with Crippen molar-refractivity contribution in [2.45, 2.75) is 32.6 Å². The molecule has 1 aliphatic carbocycles. The lowest BCUT2D eigenvalue weighted by molar-refractivity contribution is 0.487. The molecule has 0 bridgehead atoms. The lowest BCUT2D eigenvalue weighted by Gasteiger charge is -2.08. The average Bonchev–Trinajstić information content (AvgIpc) is 2.87. The van der Waals surface area contributed by atoms with Gasteiger partial charge in [0.1, 0.15) is 11.5 Å². The van der Waals surface area contributed by atoms with Crippen LogP contribution in [0.3, 0.4) is 0 Å². The molecule has 0 aliphatic heterocycles. The minimum absolute atomic E-state index is 1.10. The number of thiophene rings is 1. The van der Waals surface area contributed by atoms with Gasteiger partial charge < -0.3 is 4.42 Å². The SMILES string of the molecule is Cc1c(-c2ccsc2)oc2c1CCCC2. The first-order valence-electron chi connectivity index (χ1n) is 5.50. The number of aryl methyl sites for hydroxylation is 1. The van der Waals surface area contributed by atoms with Gasteiger partial charge in [-0.3, -0.25) is 0 Å². The van der Waals surface area contributed by atoms with E-state index in [0.29, 0.717) is 0 Å². The molecule has 0 atom stereocenters. The summed E-state index contributed by atoms with van der Waals surface area (Å²) in [6, 6.07) is 2.14. The zero-order valence-electron chi connectivity index (χ0n) is 8.88. The molecule has 2 aromatic rings. The summed E-state index contributed by atoms with van der Waals surface area (Å²) in [6.45, 7) is 2.20. The molecule has 15 heavy (non-hydrogen) atoms. The first kappa shape index (κ1) is 9.22. The number of fused-ring (bicyclic) bond motifs is 1. The van der Waals surface area contributed by atoms with Crippen LogP contribution in [0.25, 0.3) is 11.3 Å². The smallest absolute Gasteiger partial charge is 0.138 e. The highest BCUT2D eigenvalue weighted by atomic mass is 32.1. The van der Waals surface area contributed by atoms with E-state index in [2.05, 4.69) is 23.8 Å². The molecule has 0 fully saturated rings. The fourth-order valence-corrected chi connectivity index (χ4v) is 3.03. The van der Waals surface area contributed by atoms with Crippen molar-refractivity contribution in [2.75, 3.05) is 0 Å². The maximum atomic E-state index is 5.99. The quantitative estimate of drug-likeness (QED) is 0.699. The zero-order chi connectivity index (χ0) is 10.3. The van der Waals surface area contributed by atoms with E-state index in [1.807, 2.05) is 0 Å². The summed E-state index contributed by atoms with van der Waals surface area (Å²) >= 11 is 1.73. The van der Waals surface area contributed by atoms with Crippen molar-refractivity contribution in [1.82, 2.24) is 0 Å². The maximum absolute atomic E-state index is 5.99. The second-order valence-corrected chi connectivity index (χ2v) is 4.96. The Kier molecular flexibility index (Phi) is 2.17. The van der Waals surface area contributed by atoms with E-state index in [9.17, 15) is 0 Å². The molecule has 2 aromatic heterocycles. The second-order valence-electron chi connectivity index (χ2n) is 4.18. The lowest BCUT2D eigenvalue weighted by Crippen LogP contribution is -1.99. The van der Waals surface area contributed by atoms with Gasteiger partial charge in [-0.2, -0.15) is 11.3 Å². The standard InChI is InChI=1S/C13H14OS/c1-9-11-4-2-3-5-12(11)14-13(9)10-6-7-15-8-10/h6-8H,2-5H2,1H3. The molecule has 1 aliphatic rings. The Morgan fingerprint density at radius 3 is 2.87 bits per heavy atom. The lowest BCUT2D eigenvalue weighted by atomic mass is 9.95. The highest BCUT2D eigenvalue weighted by molar-refractivity contribution is 7.08. The number of hydrogen-bond acceptors (Lipinski definition) is 2. The Morgan fingerprint density at radius 2 is 2.13 bits per heavy atom. The molecule has 0 N–H and O–H groups in total. The highest BCUT2D eigenvalue weighted by Gasteiger charge is 2.20. The molecule has 0 unspecified atom stereocenters. The van der Waals surface area contributed by atoms with E-state index in [1.54, 1.807) is 11.3 Å². The molecule has 78 valence electrons. The summed E-state index contributed by atoms with van der Waals surface area (Å²) < 4.78 is 5.99. The molecule has 0 amide bonds. The van der Waals surface area contributed by atoms with Crippen LogP contribution in [0.2, 0.25) is 0 Å². The van der Waals surface area contributed by atoms with E-state index in [0.717, 1.165) is 12.2 Å². The molecule has 3 rings (SSSR count). The third-order valence-corrected chi connectivity index (χ3v) is 3.90. The summed E-state index contributed by atoms with van der Waals surface area (Å²) in [7, 11) is 0. The van der Waals surface area contributed by atoms with E-state index in [-0.39, 0.29) is 0 Å². The van der Waals surface area contributed by atoms with Crippen LogP contribution in [0, 0.1) is 6.92 Å². The van der Waals surface area contributed by atoms with Crippen LogP contribution < -0.4 is 0 Å². The minimum atomic E-state index is 1.10. The normalized spacial score (nSPS) is 15.3. The van der Waals surface area contributed by atoms with Crippen LogP contribution in [0.1, 0.15) is 29.7 Å². The highest BCUT2D eigenvalue weighted by Crippen LogP contribution is 2.35. The monoisotopic (exact) mass is 218 g/mol. The van der Waals surface area contributed by atoms with Gasteiger partial charge in [-0.1, -0.05) is 0 Å². The van der Waals surface area contributed by atoms with Crippen LogP contribution in [-0.2, 0) is 12.8 Å². The Morgan fingerprint density at radius 1 is 1.27 bits per heavy atom. The van der Waals surface area contributed by atoms with Crippen molar-refractivity contribution < 1.29 is 4.42 Å². The second kappa shape index (κ2) is 3.53. The average molecular weight is 218 g/mol. The molecule has 2 heterocycles. The Balaban J connectivity index is 2.13. The number of furan rings is 1. The van der Waals surface area contributed by atoms with Crippen molar-refractivity contribution in [1.29, 1.82) is 0 Å². The molecule has 0 radical (unpaired) electrons. The van der Waals surface area contributed by atoms with Crippen molar-refractivity contribution in [2.24, 2.45) is 0 Å². The first-order valence-corrected chi connectivity index (χ1v) is 6.44. The molecule has 2 heteroatoms. The van der Waals surface area contributed by atoms with Crippen LogP contribution >= 0.6 is 11.3 Å². The third kappa shape index (κ3) is 1.44. The molecular weight excluding hydrogens is 204 g/mol. The molecule has 0 saturated carbocycles. The fraction of sp³-hybridized carbons (Fsp3) is 0.385. The molecule has 1 nitrogen and oxygen atoms in total. The topological polar surface area (TPSA) is 13.1 Å². The Hall–Kier alpha value is -1.02. The van der Waals surface area contributed by atoms with Gasteiger partial charge >= 0.3 is 0 Å². The van der Waals surface area contributed by atoms with E-state index in [1.165, 1.54) is 41.7 Å². The zero-order valence-corrected chi connectivity index (χ0v) is 9.69. The van der Waals surface area contributed by atoms with Crippen molar-refractivity contribution in [3.63, 3.8) is 0 Å². The summed E-state index contributed by atoms with van der Waals surface area (Å²) in [5.41, 5.74) is 4.08. The summed E-state index contributed by atoms with van der Waals surface area (Å²) in [4.78, 5) is 0. The van der Waals surface area contributed by atoms with E-state index in [4.69, 9.17) is 4.42 Å². The van der Waals surface area contributed by atoms with Gasteiger partial charge in [0, 0.05) is 17.4 Å². The van der Waals surface area contributed by atoms with Gasteiger partial charge in [0.05, 0.1) is 0 Å². The number of hydrogen-bond donors (Lipinski definition) is 0. The molecule has 0 spiro atoms. The van der Waals surface area contributed by atoms with Crippen molar-refractivity contribution >= 4 is 11.3 Å². The van der Waals surface area contributed by atoms with Crippen LogP contribution in [0.5, 0.6) is 0 Å². The van der Waals surface area contributed by atoms with E-state index >= 15 is 0 Å². The van der Waals surface area contributed by atoms with Crippen LogP contribution in [0.4, 0.5) is 0 Å². The van der Waals surface area contributed by atoms with Crippen molar-refractivity contribution in [3.8, 4) is 11.3 Å².